The Kier molecular flexibility index (Phi) is 5.20. The molecule has 3 N–H and O–H groups in total. The first kappa shape index (κ1) is 15.4. The maximum atomic E-state index is 10.00. The minimum Gasteiger partial charge on any atom is -0.508 e. The molecule has 4 nitrogen and oxygen atoms in total. The van der Waals surface area contributed by atoms with Crippen molar-refractivity contribution in [1.82, 2.24) is 5.32 Å². The van der Waals surface area contributed by atoms with Crippen LogP contribution in [0.25, 0.3) is 0 Å². The third-order valence-electron chi connectivity index (χ3n) is 3.54. The van der Waals surface area contributed by atoms with Crippen molar-refractivity contribution < 1.29 is 14.9 Å². The summed E-state index contributed by atoms with van der Waals surface area (Å²) in [6.45, 7) is 1.93. The lowest BCUT2D eigenvalue weighted by atomic mass is 10.0. The monoisotopic (exact) mass is 287 g/mol. The zero-order valence-corrected chi connectivity index (χ0v) is 12.3. The number of methoxy groups -OCH3 is 1. The third kappa shape index (κ3) is 3.74. The molecule has 0 amide bonds. The highest BCUT2D eigenvalue weighted by Gasteiger charge is 2.17. The van der Waals surface area contributed by atoms with E-state index < -0.39 is 0 Å². The van der Waals surface area contributed by atoms with E-state index in [1.54, 1.807) is 25.3 Å². The number of hydrogen-bond donors (Lipinski definition) is 3. The summed E-state index contributed by atoms with van der Waals surface area (Å²) in [5.41, 5.74) is 1.75. The van der Waals surface area contributed by atoms with Crippen molar-refractivity contribution in [1.29, 1.82) is 0 Å². The molecule has 112 valence electrons. The fourth-order valence-electron chi connectivity index (χ4n) is 2.34. The molecule has 2 aromatic carbocycles. The van der Waals surface area contributed by atoms with Crippen LogP contribution in [-0.4, -0.2) is 23.9 Å². The van der Waals surface area contributed by atoms with Crippen molar-refractivity contribution >= 4 is 0 Å². The Balaban J connectivity index is 2.18. The van der Waals surface area contributed by atoms with E-state index in [-0.39, 0.29) is 24.4 Å². The molecule has 0 aliphatic heterocycles. The Labute approximate surface area is 125 Å². The first-order valence-electron chi connectivity index (χ1n) is 6.94. The quantitative estimate of drug-likeness (QED) is 0.764. The maximum Gasteiger partial charge on any atom is 0.120 e. The Bertz CT molecular complexity index is 572. The molecule has 2 rings (SSSR count). The van der Waals surface area contributed by atoms with Gasteiger partial charge in [-0.05, 0) is 30.7 Å². The molecule has 0 fully saturated rings. The summed E-state index contributed by atoms with van der Waals surface area (Å²) in [7, 11) is 1.59. The Morgan fingerprint density at radius 1 is 1.14 bits per heavy atom. The number of benzene rings is 2. The highest BCUT2D eigenvalue weighted by Crippen LogP contribution is 2.29. The highest BCUT2D eigenvalue weighted by molar-refractivity contribution is 5.41. The smallest absolute Gasteiger partial charge is 0.120 e. The second kappa shape index (κ2) is 7.11. The molecule has 0 saturated carbocycles. The van der Waals surface area contributed by atoms with Gasteiger partial charge in [-0.15, -0.1) is 0 Å². The molecule has 0 aromatic heterocycles. The number of aliphatic hydroxyl groups excluding tert-OH is 1. The van der Waals surface area contributed by atoms with Crippen molar-refractivity contribution in [2.75, 3.05) is 13.7 Å². The SMILES string of the molecule is COc1ccc(O)c(C(C)N[C@H](CO)c2ccccc2)c1. The Morgan fingerprint density at radius 3 is 2.48 bits per heavy atom. The van der Waals surface area contributed by atoms with Crippen LogP contribution in [0.1, 0.15) is 30.1 Å². The van der Waals surface area contributed by atoms with E-state index in [4.69, 9.17) is 4.74 Å². The van der Waals surface area contributed by atoms with Crippen molar-refractivity contribution in [3.63, 3.8) is 0 Å². The van der Waals surface area contributed by atoms with E-state index in [1.807, 2.05) is 37.3 Å². The zero-order chi connectivity index (χ0) is 15.2. The van der Waals surface area contributed by atoms with Gasteiger partial charge in [0.15, 0.2) is 0 Å². The van der Waals surface area contributed by atoms with Crippen molar-refractivity contribution in [2.24, 2.45) is 0 Å². The molecule has 21 heavy (non-hydrogen) atoms. The lowest BCUT2D eigenvalue weighted by molar-refractivity contribution is 0.234. The standard InChI is InChI=1S/C17H21NO3/c1-12(15-10-14(21-2)8-9-17(15)20)18-16(11-19)13-6-4-3-5-7-13/h3-10,12,16,18-20H,11H2,1-2H3/t12?,16-/m1/s1. The van der Waals surface area contributed by atoms with Gasteiger partial charge in [0.05, 0.1) is 19.8 Å². The first-order chi connectivity index (χ1) is 10.2. The summed E-state index contributed by atoms with van der Waals surface area (Å²) in [5.74, 6) is 0.900. The summed E-state index contributed by atoms with van der Waals surface area (Å²) in [5, 5.41) is 22.9. The first-order valence-corrected chi connectivity index (χ1v) is 6.94. The van der Waals surface area contributed by atoms with E-state index >= 15 is 0 Å². The lowest BCUT2D eigenvalue weighted by Gasteiger charge is -2.23. The van der Waals surface area contributed by atoms with Crippen LogP contribution >= 0.6 is 0 Å². The van der Waals surface area contributed by atoms with Gasteiger partial charge in [-0.1, -0.05) is 30.3 Å². The summed E-state index contributed by atoms with van der Waals surface area (Å²) in [6.07, 6.45) is 0. The van der Waals surface area contributed by atoms with E-state index in [0.29, 0.717) is 5.75 Å². The van der Waals surface area contributed by atoms with Gasteiger partial charge >= 0.3 is 0 Å². The van der Waals surface area contributed by atoms with Crippen LogP contribution in [0.2, 0.25) is 0 Å². The van der Waals surface area contributed by atoms with Crippen LogP contribution in [0.3, 0.4) is 0 Å². The average molecular weight is 287 g/mol. The van der Waals surface area contributed by atoms with Crippen LogP contribution < -0.4 is 10.1 Å². The van der Waals surface area contributed by atoms with Crippen molar-refractivity contribution in [3.05, 3.63) is 59.7 Å². The third-order valence-corrected chi connectivity index (χ3v) is 3.54. The number of phenols is 1. The van der Waals surface area contributed by atoms with Gasteiger partial charge in [-0.3, -0.25) is 0 Å². The number of ether oxygens (including phenoxy) is 1. The predicted molar refractivity (Wildman–Crippen MR) is 82.5 cm³/mol. The number of nitrogens with one attached hydrogen (secondary N) is 1. The minimum absolute atomic E-state index is 0.0148. The molecule has 0 saturated heterocycles. The molecular formula is C17H21NO3. The Morgan fingerprint density at radius 2 is 1.86 bits per heavy atom. The summed E-state index contributed by atoms with van der Waals surface area (Å²) >= 11 is 0. The van der Waals surface area contributed by atoms with Gasteiger partial charge in [-0.25, -0.2) is 0 Å². The number of rotatable bonds is 6. The van der Waals surface area contributed by atoms with Gasteiger partial charge in [-0.2, -0.15) is 0 Å². The zero-order valence-electron chi connectivity index (χ0n) is 12.3. The summed E-state index contributed by atoms with van der Waals surface area (Å²) in [6, 6.07) is 14.6. The molecule has 0 aliphatic rings. The minimum atomic E-state index is -0.188. The van der Waals surface area contributed by atoms with Crippen molar-refractivity contribution in [3.8, 4) is 11.5 Å². The molecule has 2 aromatic rings. The molecule has 1 unspecified atom stereocenters. The van der Waals surface area contributed by atoms with Crippen LogP contribution in [0.15, 0.2) is 48.5 Å². The molecular weight excluding hydrogens is 266 g/mol. The normalized spacial score (nSPS) is 13.7. The van der Waals surface area contributed by atoms with Gasteiger partial charge in [0, 0.05) is 11.6 Å². The molecule has 0 radical (unpaired) electrons. The fraction of sp³-hybridized carbons (Fsp3) is 0.294. The van der Waals surface area contributed by atoms with Gasteiger partial charge in [0.1, 0.15) is 11.5 Å². The van der Waals surface area contributed by atoms with Crippen LogP contribution in [-0.2, 0) is 0 Å². The fourth-order valence-corrected chi connectivity index (χ4v) is 2.34. The number of aromatic hydroxyl groups is 1. The molecule has 0 spiro atoms. The van der Waals surface area contributed by atoms with Crippen molar-refractivity contribution in [2.45, 2.75) is 19.0 Å². The molecule has 0 aliphatic carbocycles. The largest absolute Gasteiger partial charge is 0.508 e. The number of aliphatic hydroxyl groups is 1. The topological polar surface area (TPSA) is 61.7 Å². The number of hydrogen-bond acceptors (Lipinski definition) is 4. The van der Waals surface area contributed by atoms with E-state index in [0.717, 1.165) is 11.1 Å². The highest BCUT2D eigenvalue weighted by atomic mass is 16.5. The number of phenolic OH excluding ortho intramolecular Hbond substituents is 1. The molecule has 2 atom stereocenters. The van der Waals surface area contributed by atoms with E-state index in [9.17, 15) is 10.2 Å². The average Bonchev–Trinajstić information content (AvgIpc) is 2.53. The lowest BCUT2D eigenvalue weighted by Crippen LogP contribution is -2.27. The van der Waals surface area contributed by atoms with Crippen LogP contribution in [0.4, 0.5) is 0 Å². The maximum absolute atomic E-state index is 10.00. The molecule has 0 heterocycles. The van der Waals surface area contributed by atoms with Gasteiger partial charge < -0.3 is 20.3 Å². The summed E-state index contributed by atoms with van der Waals surface area (Å²) in [4.78, 5) is 0. The van der Waals surface area contributed by atoms with Gasteiger partial charge in [0.2, 0.25) is 0 Å². The molecule has 4 heteroatoms. The summed E-state index contributed by atoms with van der Waals surface area (Å²) < 4.78 is 5.19. The van der Waals surface area contributed by atoms with Crippen LogP contribution in [0.5, 0.6) is 11.5 Å². The van der Waals surface area contributed by atoms with Crippen LogP contribution in [0, 0.1) is 0 Å². The molecule has 0 bridgehead atoms. The Hall–Kier alpha value is -2.04. The predicted octanol–water partition coefficient (Wildman–Crippen LogP) is 2.79. The van der Waals surface area contributed by atoms with E-state index in [2.05, 4.69) is 5.32 Å². The van der Waals surface area contributed by atoms with Gasteiger partial charge in [0.25, 0.3) is 0 Å². The van der Waals surface area contributed by atoms with E-state index in [1.165, 1.54) is 0 Å². The second-order valence-corrected chi connectivity index (χ2v) is 4.96. The second-order valence-electron chi connectivity index (χ2n) is 4.96.